The van der Waals surface area contributed by atoms with Crippen molar-refractivity contribution in [1.82, 2.24) is 0 Å². The van der Waals surface area contributed by atoms with E-state index in [1.54, 1.807) is 0 Å². The molecule has 0 heterocycles. The largest absolute Gasteiger partial charge is 0.493 e. The van der Waals surface area contributed by atoms with Crippen LogP contribution in [0.1, 0.15) is 39.2 Å². The topological polar surface area (TPSA) is 61.3 Å². The van der Waals surface area contributed by atoms with Gasteiger partial charge in [0.2, 0.25) is 0 Å². The predicted octanol–water partition coefficient (Wildman–Crippen LogP) is 2.99. The minimum absolute atomic E-state index is 0.350. The Balaban J connectivity index is 2.88. The third-order valence-electron chi connectivity index (χ3n) is 4.12. The van der Waals surface area contributed by atoms with Crippen LogP contribution in [-0.2, 0) is 0 Å². The minimum atomic E-state index is 0.350. The third-order valence-corrected chi connectivity index (χ3v) is 4.12. The number of hydrogen-bond donors (Lipinski definition) is 2. The first kappa shape index (κ1) is 17.0. The lowest BCUT2D eigenvalue weighted by atomic mass is 9.80. The van der Waals surface area contributed by atoms with Crippen LogP contribution in [0, 0.1) is 17.8 Å². The zero-order valence-corrected chi connectivity index (χ0v) is 13.3. The Hall–Kier alpha value is -1.06. The molecule has 0 fully saturated rings. The summed E-state index contributed by atoms with van der Waals surface area (Å²) < 4.78 is 5.95. The highest BCUT2D eigenvalue weighted by Crippen LogP contribution is 2.34. The van der Waals surface area contributed by atoms with Gasteiger partial charge in [0.15, 0.2) is 0 Å². The first-order chi connectivity index (χ1) is 9.51. The Morgan fingerprint density at radius 2 is 1.60 bits per heavy atom. The van der Waals surface area contributed by atoms with E-state index in [1.165, 1.54) is 5.56 Å². The van der Waals surface area contributed by atoms with Crippen molar-refractivity contribution in [3.63, 3.8) is 0 Å². The van der Waals surface area contributed by atoms with Gasteiger partial charge in [0.05, 0.1) is 6.61 Å². The van der Waals surface area contributed by atoms with Crippen molar-refractivity contribution < 1.29 is 4.74 Å². The molecule has 2 unspecified atom stereocenters. The number of para-hydroxylation sites is 1. The molecule has 20 heavy (non-hydrogen) atoms. The van der Waals surface area contributed by atoms with E-state index >= 15 is 0 Å². The van der Waals surface area contributed by atoms with Crippen molar-refractivity contribution in [2.75, 3.05) is 19.7 Å². The molecule has 1 rings (SSSR count). The smallest absolute Gasteiger partial charge is 0.122 e. The lowest BCUT2D eigenvalue weighted by molar-refractivity contribution is 0.260. The fourth-order valence-corrected chi connectivity index (χ4v) is 2.46. The molecule has 0 amide bonds. The fraction of sp³-hybridized carbons (Fsp3) is 0.647. The maximum atomic E-state index is 5.95. The van der Waals surface area contributed by atoms with Gasteiger partial charge in [-0.15, -0.1) is 0 Å². The normalized spacial score (nSPS) is 14.6. The highest BCUT2D eigenvalue weighted by atomic mass is 16.5. The minimum Gasteiger partial charge on any atom is -0.493 e. The fourth-order valence-electron chi connectivity index (χ4n) is 2.46. The number of nitrogens with two attached hydrogens (primary N) is 2. The van der Waals surface area contributed by atoms with Crippen molar-refractivity contribution in [2.45, 2.75) is 33.6 Å². The summed E-state index contributed by atoms with van der Waals surface area (Å²) in [7, 11) is 0. The van der Waals surface area contributed by atoms with Crippen LogP contribution in [0.5, 0.6) is 5.75 Å². The maximum Gasteiger partial charge on any atom is 0.122 e. The number of benzene rings is 1. The van der Waals surface area contributed by atoms with Crippen LogP contribution in [0.15, 0.2) is 24.3 Å². The van der Waals surface area contributed by atoms with Gasteiger partial charge >= 0.3 is 0 Å². The molecule has 0 radical (unpaired) electrons. The lowest BCUT2D eigenvalue weighted by Crippen LogP contribution is -2.31. The van der Waals surface area contributed by atoms with E-state index in [0.29, 0.717) is 36.8 Å². The Kier molecular flexibility index (Phi) is 7.03. The second kappa shape index (κ2) is 8.28. The zero-order valence-electron chi connectivity index (χ0n) is 13.3. The van der Waals surface area contributed by atoms with Gasteiger partial charge in [-0.1, -0.05) is 45.9 Å². The molecule has 0 aliphatic heterocycles. The quantitative estimate of drug-likeness (QED) is 0.768. The number of hydrogen-bond acceptors (Lipinski definition) is 3. The van der Waals surface area contributed by atoms with Gasteiger partial charge in [-0.05, 0) is 48.4 Å². The van der Waals surface area contributed by atoms with Crippen LogP contribution in [0.25, 0.3) is 0 Å². The van der Waals surface area contributed by atoms with E-state index in [4.69, 9.17) is 16.2 Å². The van der Waals surface area contributed by atoms with Gasteiger partial charge in [0.25, 0.3) is 0 Å². The van der Waals surface area contributed by atoms with Gasteiger partial charge in [0.1, 0.15) is 5.75 Å². The summed E-state index contributed by atoms with van der Waals surface area (Å²) in [4.78, 5) is 0. The molecular weight excluding hydrogens is 248 g/mol. The van der Waals surface area contributed by atoms with E-state index in [0.717, 1.165) is 12.4 Å². The average molecular weight is 278 g/mol. The molecule has 0 spiro atoms. The van der Waals surface area contributed by atoms with E-state index in [-0.39, 0.29) is 0 Å². The molecular formula is C17H30N2O. The van der Waals surface area contributed by atoms with Crippen LogP contribution in [0.4, 0.5) is 0 Å². The third kappa shape index (κ3) is 4.50. The predicted molar refractivity (Wildman–Crippen MR) is 86.0 cm³/mol. The van der Waals surface area contributed by atoms with Crippen molar-refractivity contribution in [3.05, 3.63) is 29.8 Å². The molecule has 0 aliphatic rings. The van der Waals surface area contributed by atoms with Gasteiger partial charge < -0.3 is 16.2 Å². The van der Waals surface area contributed by atoms with Crippen LogP contribution >= 0.6 is 0 Å². The maximum absolute atomic E-state index is 5.95. The molecule has 0 saturated carbocycles. The van der Waals surface area contributed by atoms with Gasteiger partial charge in [-0.3, -0.25) is 0 Å². The monoisotopic (exact) mass is 278 g/mol. The van der Waals surface area contributed by atoms with Gasteiger partial charge in [-0.25, -0.2) is 0 Å². The van der Waals surface area contributed by atoms with Crippen molar-refractivity contribution >= 4 is 0 Å². The highest BCUT2D eigenvalue weighted by molar-refractivity contribution is 5.36. The van der Waals surface area contributed by atoms with E-state index in [9.17, 15) is 0 Å². The van der Waals surface area contributed by atoms with Crippen LogP contribution in [-0.4, -0.2) is 19.7 Å². The molecule has 0 aliphatic carbocycles. The number of ether oxygens (including phenoxy) is 1. The van der Waals surface area contributed by atoms with Crippen LogP contribution in [0.2, 0.25) is 0 Å². The van der Waals surface area contributed by atoms with Crippen LogP contribution in [0.3, 0.4) is 0 Å². The van der Waals surface area contributed by atoms with Crippen molar-refractivity contribution in [3.8, 4) is 5.75 Å². The van der Waals surface area contributed by atoms with Crippen molar-refractivity contribution in [1.29, 1.82) is 0 Å². The molecule has 2 atom stereocenters. The SMILES string of the molecule is CC(C)COc1ccccc1C(C)C(C)C(CN)CN. The standard InChI is InChI=1S/C17H30N2O/c1-12(2)11-20-17-8-6-5-7-16(17)14(4)13(3)15(9-18)10-19/h5-8,12-15H,9-11,18-19H2,1-4H3. The molecule has 1 aromatic carbocycles. The molecule has 0 aromatic heterocycles. The average Bonchev–Trinajstić information content (AvgIpc) is 2.45. The summed E-state index contributed by atoms with van der Waals surface area (Å²) in [5.41, 5.74) is 12.9. The molecule has 114 valence electrons. The second-order valence-electron chi connectivity index (χ2n) is 6.12. The molecule has 0 bridgehead atoms. The van der Waals surface area contributed by atoms with Crippen LogP contribution < -0.4 is 16.2 Å². The molecule has 4 N–H and O–H groups in total. The van der Waals surface area contributed by atoms with E-state index < -0.39 is 0 Å². The van der Waals surface area contributed by atoms with Gasteiger partial charge in [0, 0.05) is 0 Å². The van der Waals surface area contributed by atoms with Crippen molar-refractivity contribution in [2.24, 2.45) is 29.2 Å². The van der Waals surface area contributed by atoms with E-state index in [2.05, 4.69) is 45.9 Å². The van der Waals surface area contributed by atoms with E-state index in [1.807, 2.05) is 6.07 Å². The Labute approximate surface area is 123 Å². The summed E-state index contributed by atoms with van der Waals surface area (Å²) in [6.07, 6.45) is 0. The summed E-state index contributed by atoms with van der Waals surface area (Å²) >= 11 is 0. The summed E-state index contributed by atoms with van der Waals surface area (Å²) in [5, 5.41) is 0. The zero-order chi connectivity index (χ0) is 15.1. The molecule has 3 nitrogen and oxygen atoms in total. The molecule has 3 heteroatoms. The second-order valence-corrected chi connectivity index (χ2v) is 6.12. The first-order valence-electron chi connectivity index (χ1n) is 7.63. The Morgan fingerprint density at radius 1 is 1.00 bits per heavy atom. The highest BCUT2D eigenvalue weighted by Gasteiger charge is 2.24. The summed E-state index contributed by atoms with van der Waals surface area (Å²) in [6, 6.07) is 8.31. The first-order valence-corrected chi connectivity index (χ1v) is 7.63. The van der Waals surface area contributed by atoms with Gasteiger partial charge in [-0.2, -0.15) is 0 Å². The molecule has 1 aromatic rings. The lowest BCUT2D eigenvalue weighted by Gasteiger charge is -2.28. The summed E-state index contributed by atoms with van der Waals surface area (Å²) in [6.45, 7) is 10.8. The number of rotatable bonds is 8. The summed E-state index contributed by atoms with van der Waals surface area (Å²) in [5.74, 6) is 2.69. The Bertz CT molecular complexity index is 388. The molecule has 0 saturated heterocycles. The Morgan fingerprint density at radius 3 is 2.15 bits per heavy atom.